The van der Waals surface area contributed by atoms with E-state index in [1.807, 2.05) is 0 Å². The first kappa shape index (κ1) is 17.4. The van der Waals surface area contributed by atoms with Crippen LogP contribution in [0.3, 0.4) is 0 Å². The van der Waals surface area contributed by atoms with E-state index in [0.29, 0.717) is 31.8 Å². The van der Waals surface area contributed by atoms with Gasteiger partial charge in [-0.05, 0) is 50.3 Å². The molecule has 1 amide bonds. The SMILES string of the molecule is O=C(CC1CCCCO1)Nc1cccc(S(=O)(=O)N2CCCC2)c1. The van der Waals surface area contributed by atoms with Gasteiger partial charge >= 0.3 is 0 Å². The summed E-state index contributed by atoms with van der Waals surface area (Å²) in [5.41, 5.74) is 0.510. The van der Waals surface area contributed by atoms with Gasteiger partial charge in [0.2, 0.25) is 15.9 Å². The molecule has 0 saturated carbocycles. The van der Waals surface area contributed by atoms with Gasteiger partial charge in [0, 0.05) is 25.4 Å². The Bertz CT molecular complexity index is 678. The minimum Gasteiger partial charge on any atom is -0.378 e. The van der Waals surface area contributed by atoms with Gasteiger partial charge in [-0.25, -0.2) is 8.42 Å². The molecule has 2 aliphatic rings. The van der Waals surface area contributed by atoms with E-state index >= 15 is 0 Å². The van der Waals surface area contributed by atoms with Gasteiger partial charge in [0.1, 0.15) is 0 Å². The minimum absolute atomic E-state index is 0.0322. The van der Waals surface area contributed by atoms with Gasteiger partial charge in [-0.2, -0.15) is 4.31 Å². The van der Waals surface area contributed by atoms with Crippen molar-refractivity contribution in [2.45, 2.75) is 49.5 Å². The summed E-state index contributed by atoms with van der Waals surface area (Å²) in [7, 11) is -3.47. The van der Waals surface area contributed by atoms with E-state index < -0.39 is 10.0 Å². The van der Waals surface area contributed by atoms with E-state index in [9.17, 15) is 13.2 Å². The van der Waals surface area contributed by atoms with Crippen molar-refractivity contribution in [3.05, 3.63) is 24.3 Å². The average molecular weight is 352 g/mol. The molecule has 7 heteroatoms. The van der Waals surface area contributed by atoms with E-state index in [1.54, 1.807) is 18.2 Å². The predicted octanol–water partition coefficient (Wildman–Crippen LogP) is 2.37. The van der Waals surface area contributed by atoms with Crippen molar-refractivity contribution in [1.29, 1.82) is 0 Å². The molecule has 24 heavy (non-hydrogen) atoms. The second-order valence-corrected chi connectivity index (χ2v) is 8.32. The molecule has 6 nitrogen and oxygen atoms in total. The molecule has 1 aromatic carbocycles. The number of amides is 1. The first-order valence-electron chi connectivity index (χ1n) is 8.57. The molecule has 132 valence electrons. The van der Waals surface area contributed by atoms with Crippen LogP contribution in [0.1, 0.15) is 38.5 Å². The lowest BCUT2D eigenvalue weighted by molar-refractivity contribution is -0.119. The molecule has 3 rings (SSSR count). The van der Waals surface area contributed by atoms with Gasteiger partial charge in [0.25, 0.3) is 0 Å². The topological polar surface area (TPSA) is 75.7 Å². The van der Waals surface area contributed by atoms with Crippen LogP contribution in [-0.2, 0) is 19.6 Å². The average Bonchev–Trinajstić information content (AvgIpc) is 3.11. The van der Waals surface area contributed by atoms with Gasteiger partial charge in [-0.1, -0.05) is 6.07 Å². The Hall–Kier alpha value is -1.44. The second-order valence-electron chi connectivity index (χ2n) is 6.38. The Morgan fingerprint density at radius 3 is 2.71 bits per heavy atom. The maximum Gasteiger partial charge on any atom is 0.243 e. The highest BCUT2D eigenvalue weighted by molar-refractivity contribution is 7.89. The van der Waals surface area contributed by atoms with E-state index in [2.05, 4.69) is 5.32 Å². The number of hydrogen-bond donors (Lipinski definition) is 1. The fourth-order valence-electron chi connectivity index (χ4n) is 3.20. The molecule has 1 atom stereocenters. The molecule has 2 heterocycles. The summed E-state index contributed by atoms with van der Waals surface area (Å²) in [4.78, 5) is 12.4. The number of benzene rings is 1. The minimum atomic E-state index is -3.47. The lowest BCUT2D eigenvalue weighted by Crippen LogP contribution is -2.28. The van der Waals surface area contributed by atoms with Gasteiger partial charge in [-0.15, -0.1) is 0 Å². The molecule has 0 spiro atoms. The summed E-state index contributed by atoms with van der Waals surface area (Å²) in [5.74, 6) is -0.141. The standard InChI is InChI=1S/C17H24N2O4S/c20-17(13-15-7-1-4-11-23-15)18-14-6-5-8-16(12-14)24(21,22)19-9-2-3-10-19/h5-6,8,12,15H,1-4,7,9-11,13H2,(H,18,20). The van der Waals surface area contributed by atoms with Crippen LogP contribution in [0.4, 0.5) is 5.69 Å². The highest BCUT2D eigenvalue weighted by Crippen LogP contribution is 2.23. The Labute approximate surface area is 143 Å². The molecular formula is C17H24N2O4S. The lowest BCUT2D eigenvalue weighted by atomic mass is 10.1. The summed E-state index contributed by atoms with van der Waals surface area (Å²) in [6.07, 6.45) is 5.11. The zero-order valence-corrected chi connectivity index (χ0v) is 14.6. The number of anilines is 1. The Kier molecular flexibility index (Phi) is 5.53. The lowest BCUT2D eigenvalue weighted by Gasteiger charge is -2.22. The summed E-state index contributed by atoms with van der Waals surface area (Å²) in [5, 5.41) is 2.79. The molecule has 1 aromatic rings. The zero-order valence-electron chi connectivity index (χ0n) is 13.7. The molecule has 1 N–H and O–H groups in total. The Morgan fingerprint density at radius 2 is 2.00 bits per heavy atom. The normalized spacial score (nSPS) is 22.4. The smallest absolute Gasteiger partial charge is 0.243 e. The van der Waals surface area contributed by atoms with Gasteiger partial charge in [-0.3, -0.25) is 4.79 Å². The molecule has 1 unspecified atom stereocenters. The van der Waals surface area contributed by atoms with Crippen LogP contribution in [0.2, 0.25) is 0 Å². The third-order valence-electron chi connectivity index (χ3n) is 4.51. The first-order valence-corrected chi connectivity index (χ1v) is 10.0. The highest BCUT2D eigenvalue weighted by Gasteiger charge is 2.27. The summed E-state index contributed by atoms with van der Waals surface area (Å²) >= 11 is 0. The molecule has 0 aromatic heterocycles. The Balaban J connectivity index is 1.65. The van der Waals surface area contributed by atoms with Gasteiger partial charge < -0.3 is 10.1 Å². The number of nitrogens with zero attached hydrogens (tertiary/aromatic N) is 1. The number of nitrogens with one attached hydrogen (secondary N) is 1. The third-order valence-corrected chi connectivity index (χ3v) is 6.40. The quantitative estimate of drug-likeness (QED) is 0.883. The van der Waals surface area contributed by atoms with Gasteiger partial charge in [0.15, 0.2) is 0 Å². The molecule has 2 fully saturated rings. The van der Waals surface area contributed by atoms with E-state index in [1.165, 1.54) is 10.4 Å². The maximum atomic E-state index is 12.6. The molecule has 0 aliphatic carbocycles. The number of rotatable bonds is 5. The van der Waals surface area contributed by atoms with Crippen LogP contribution in [0, 0.1) is 0 Å². The molecule has 2 aliphatic heterocycles. The van der Waals surface area contributed by atoms with E-state index in [0.717, 1.165) is 32.1 Å². The van der Waals surface area contributed by atoms with Crippen molar-refractivity contribution in [2.24, 2.45) is 0 Å². The predicted molar refractivity (Wildman–Crippen MR) is 91.3 cm³/mol. The van der Waals surface area contributed by atoms with Crippen molar-refractivity contribution >= 4 is 21.6 Å². The fourth-order valence-corrected chi connectivity index (χ4v) is 4.76. The van der Waals surface area contributed by atoms with Crippen LogP contribution < -0.4 is 5.32 Å². The summed E-state index contributed by atoms with van der Waals surface area (Å²) in [6.45, 7) is 1.84. The number of carbonyl (C=O) groups is 1. The molecule has 2 saturated heterocycles. The van der Waals surface area contributed by atoms with Crippen molar-refractivity contribution in [3.8, 4) is 0 Å². The van der Waals surface area contributed by atoms with Crippen LogP contribution in [0.5, 0.6) is 0 Å². The highest BCUT2D eigenvalue weighted by atomic mass is 32.2. The van der Waals surface area contributed by atoms with Crippen LogP contribution >= 0.6 is 0 Å². The Morgan fingerprint density at radius 1 is 1.21 bits per heavy atom. The zero-order chi connectivity index (χ0) is 17.0. The monoisotopic (exact) mass is 352 g/mol. The van der Waals surface area contributed by atoms with Crippen molar-refractivity contribution in [3.63, 3.8) is 0 Å². The third kappa shape index (κ3) is 4.15. The number of sulfonamides is 1. The van der Waals surface area contributed by atoms with E-state index in [4.69, 9.17) is 4.74 Å². The second kappa shape index (κ2) is 7.63. The summed E-state index contributed by atoms with van der Waals surface area (Å²) < 4.78 is 32.2. The number of ether oxygens (including phenoxy) is 1. The van der Waals surface area contributed by atoms with E-state index in [-0.39, 0.29) is 16.9 Å². The molecule has 0 bridgehead atoms. The van der Waals surface area contributed by atoms with Crippen molar-refractivity contribution < 1.29 is 17.9 Å². The summed E-state index contributed by atoms with van der Waals surface area (Å²) in [6, 6.07) is 6.49. The van der Waals surface area contributed by atoms with Crippen LogP contribution in [-0.4, -0.2) is 44.4 Å². The van der Waals surface area contributed by atoms with Crippen LogP contribution in [0.25, 0.3) is 0 Å². The largest absolute Gasteiger partial charge is 0.378 e. The number of hydrogen-bond acceptors (Lipinski definition) is 4. The molecule has 0 radical (unpaired) electrons. The molecular weight excluding hydrogens is 328 g/mol. The van der Waals surface area contributed by atoms with Gasteiger partial charge in [0.05, 0.1) is 17.4 Å². The fraction of sp³-hybridized carbons (Fsp3) is 0.588. The number of carbonyl (C=O) groups excluding carboxylic acids is 1. The first-order chi connectivity index (χ1) is 11.6. The maximum absolute atomic E-state index is 12.6. The van der Waals surface area contributed by atoms with Crippen molar-refractivity contribution in [1.82, 2.24) is 4.31 Å². The van der Waals surface area contributed by atoms with Crippen LogP contribution in [0.15, 0.2) is 29.2 Å². The van der Waals surface area contributed by atoms with Crippen molar-refractivity contribution in [2.75, 3.05) is 25.0 Å².